The van der Waals surface area contributed by atoms with Crippen LogP contribution in [0.2, 0.25) is 0 Å². The number of hydrogen-bond donors (Lipinski definition) is 2. The SMILES string of the molecule is C=CCC(NCO/C(C)=C/S)OC. The first kappa shape index (κ1) is 12.6. The second-order valence-corrected chi connectivity index (χ2v) is 2.74. The van der Waals surface area contributed by atoms with Crippen LogP contribution in [-0.4, -0.2) is 20.1 Å². The first-order valence-corrected chi connectivity index (χ1v) is 4.57. The van der Waals surface area contributed by atoms with E-state index in [2.05, 4.69) is 24.5 Å². The van der Waals surface area contributed by atoms with Gasteiger partial charge in [-0.25, -0.2) is 0 Å². The summed E-state index contributed by atoms with van der Waals surface area (Å²) in [5.74, 6) is 0.768. The van der Waals surface area contributed by atoms with Crippen LogP contribution in [0.3, 0.4) is 0 Å². The van der Waals surface area contributed by atoms with Crippen molar-refractivity contribution in [2.75, 3.05) is 13.8 Å². The van der Waals surface area contributed by atoms with Crippen LogP contribution in [0.15, 0.2) is 23.8 Å². The minimum atomic E-state index is -0.0368. The van der Waals surface area contributed by atoms with Crippen molar-refractivity contribution in [1.29, 1.82) is 0 Å². The summed E-state index contributed by atoms with van der Waals surface area (Å²) in [5, 5.41) is 4.65. The second-order valence-electron chi connectivity index (χ2n) is 2.48. The van der Waals surface area contributed by atoms with Gasteiger partial charge in [-0.3, -0.25) is 5.32 Å². The Morgan fingerprint density at radius 3 is 2.85 bits per heavy atom. The van der Waals surface area contributed by atoms with Gasteiger partial charge in [0.15, 0.2) is 0 Å². The quantitative estimate of drug-likeness (QED) is 0.287. The van der Waals surface area contributed by atoms with Gasteiger partial charge in [-0.2, -0.15) is 0 Å². The van der Waals surface area contributed by atoms with E-state index >= 15 is 0 Å². The maximum atomic E-state index is 5.23. The lowest BCUT2D eigenvalue weighted by Gasteiger charge is -2.15. The van der Waals surface area contributed by atoms with Crippen LogP contribution in [0.5, 0.6) is 0 Å². The molecule has 0 bridgehead atoms. The lowest BCUT2D eigenvalue weighted by atomic mass is 10.4. The highest BCUT2D eigenvalue weighted by Crippen LogP contribution is 1.97. The lowest BCUT2D eigenvalue weighted by Crippen LogP contribution is -2.31. The van der Waals surface area contributed by atoms with E-state index in [0.29, 0.717) is 6.73 Å². The largest absolute Gasteiger partial charge is 0.482 e. The molecule has 4 heteroatoms. The molecule has 0 radical (unpaired) electrons. The van der Waals surface area contributed by atoms with Gasteiger partial charge in [0.1, 0.15) is 18.7 Å². The highest BCUT2D eigenvalue weighted by molar-refractivity contribution is 7.83. The van der Waals surface area contributed by atoms with Crippen LogP contribution in [0.4, 0.5) is 0 Å². The van der Waals surface area contributed by atoms with Gasteiger partial charge in [-0.1, -0.05) is 6.08 Å². The monoisotopic (exact) mass is 203 g/mol. The third-order valence-corrected chi connectivity index (χ3v) is 1.82. The van der Waals surface area contributed by atoms with Gasteiger partial charge in [-0.15, -0.1) is 19.2 Å². The Balaban J connectivity index is 3.54. The molecule has 0 fully saturated rings. The fourth-order valence-electron chi connectivity index (χ4n) is 0.700. The van der Waals surface area contributed by atoms with E-state index in [1.54, 1.807) is 18.6 Å². The predicted octanol–water partition coefficient (Wildman–Crippen LogP) is 1.89. The zero-order valence-electron chi connectivity index (χ0n) is 8.12. The molecule has 3 nitrogen and oxygen atoms in total. The molecule has 0 saturated heterocycles. The molecule has 0 heterocycles. The van der Waals surface area contributed by atoms with Crippen molar-refractivity contribution >= 4 is 12.6 Å². The molecule has 0 aromatic carbocycles. The highest BCUT2D eigenvalue weighted by atomic mass is 32.1. The van der Waals surface area contributed by atoms with Crippen molar-refractivity contribution in [3.63, 3.8) is 0 Å². The first-order chi connectivity index (χ1) is 6.24. The number of rotatable bonds is 7. The van der Waals surface area contributed by atoms with E-state index in [1.807, 2.05) is 6.92 Å². The number of ether oxygens (including phenoxy) is 2. The number of hydrogen-bond acceptors (Lipinski definition) is 4. The molecule has 0 saturated carbocycles. The van der Waals surface area contributed by atoms with Gasteiger partial charge >= 0.3 is 0 Å². The Morgan fingerprint density at radius 1 is 1.69 bits per heavy atom. The Labute approximate surface area is 85.2 Å². The third kappa shape index (κ3) is 6.69. The van der Waals surface area contributed by atoms with Gasteiger partial charge in [0.25, 0.3) is 0 Å². The smallest absolute Gasteiger partial charge is 0.141 e. The van der Waals surface area contributed by atoms with Gasteiger partial charge in [0.2, 0.25) is 0 Å². The number of allylic oxidation sites excluding steroid dienone is 1. The van der Waals surface area contributed by atoms with Gasteiger partial charge in [-0.05, 0) is 6.92 Å². The minimum absolute atomic E-state index is 0.0368. The number of thiol groups is 1. The van der Waals surface area contributed by atoms with E-state index in [1.165, 1.54) is 0 Å². The molecule has 76 valence electrons. The summed E-state index contributed by atoms with van der Waals surface area (Å²) >= 11 is 3.94. The van der Waals surface area contributed by atoms with E-state index in [9.17, 15) is 0 Å². The number of nitrogens with one attached hydrogen (secondary N) is 1. The molecule has 13 heavy (non-hydrogen) atoms. The predicted molar refractivity (Wildman–Crippen MR) is 57.4 cm³/mol. The first-order valence-electron chi connectivity index (χ1n) is 4.05. The molecular weight excluding hydrogens is 186 g/mol. The van der Waals surface area contributed by atoms with Gasteiger partial charge < -0.3 is 9.47 Å². The summed E-state index contributed by atoms with van der Waals surface area (Å²) in [6.45, 7) is 5.87. The van der Waals surface area contributed by atoms with Crippen LogP contribution >= 0.6 is 12.6 Å². The molecule has 0 aliphatic heterocycles. The molecule has 0 spiro atoms. The molecule has 0 aromatic heterocycles. The van der Waals surface area contributed by atoms with Gasteiger partial charge in [0, 0.05) is 18.9 Å². The average Bonchev–Trinajstić information content (AvgIpc) is 2.16. The van der Waals surface area contributed by atoms with Crippen LogP contribution in [0.1, 0.15) is 13.3 Å². The van der Waals surface area contributed by atoms with Crippen LogP contribution < -0.4 is 5.32 Å². The molecule has 1 N–H and O–H groups in total. The van der Waals surface area contributed by atoms with Crippen LogP contribution in [0, 0.1) is 0 Å². The van der Waals surface area contributed by atoms with Crippen LogP contribution in [-0.2, 0) is 9.47 Å². The molecule has 1 atom stereocenters. The molecule has 1 unspecified atom stereocenters. The fraction of sp³-hybridized carbons (Fsp3) is 0.556. The van der Waals surface area contributed by atoms with Crippen LogP contribution in [0.25, 0.3) is 0 Å². The molecule has 0 aliphatic carbocycles. The van der Waals surface area contributed by atoms with E-state index < -0.39 is 0 Å². The summed E-state index contributed by atoms with van der Waals surface area (Å²) in [4.78, 5) is 0. The third-order valence-electron chi connectivity index (χ3n) is 1.46. The summed E-state index contributed by atoms with van der Waals surface area (Å²) in [5.41, 5.74) is 0. The van der Waals surface area contributed by atoms with Crippen molar-refractivity contribution < 1.29 is 9.47 Å². The van der Waals surface area contributed by atoms with Crippen molar-refractivity contribution in [2.24, 2.45) is 0 Å². The Hall–Kier alpha value is -0.450. The molecule has 0 amide bonds. The van der Waals surface area contributed by atoms with Gasteiger partial charge in [0.05, 0.1) is 0 Å². The standard InChI is InChI=1S/C9H17NO2S/c1-4-5-9(11-3)10-7-12-8(2)6-13/h4,6,9-10,13H,1,5,7H2,2-3H3/b8-6+. The topological polar surface area (TPSA) is 30.5 Å². The zero-order chi connectivity index (χ0) is 10.1. The summed E-state index contributed by atoms with van der Waals surface area (Å²) < 4.78 is 10.3. The Bertz CT molecular complexity index is 171. The zero-order valence-corrected chi connectivity index (χ0v) is 9.01. The second kappa shape index (κ2) is 8.16. The van der Waals surface area contributed by atoms with Crippen molar-refractivity contribution in [3.8, 4) is 0 Å². The molecular formula is C9H17NO2S. The fourth-order valence-corrected chi connectivity index (χ4v) is 0.775. The summed E-state index contributed by atoms with van der Waals surface area (Å²) in [6.07, 6.45) is 2.51. The maximum Gasteiger partial charge on any atom is 0.141 e. The van der Waals surface area contributed by atoms with E-state index in [-0.39, 0.29) is 6.23 Å². The summed E-state index contributed by atoms with van der Waals surface area (Å²) in [6, 6.07) is 0. The Morgan fingerprint density at radius 2 is 2.38 bits per heavy atom. The highest BCUT2D eigenvalue weighted by Gasteiger charge is 2.02. The van der Waals surface area contributed by atoms with E-state index in [4.69, 9.17) is 9.47 Å². The minimum Gasteiger partial charge on any atom is -0.482 e. The normalized spacial score (nSPS) is 13.9. The number of methoxy groups -OCH3 is 1. The van der Waals surface area contributed by atoms with Crippen molar-refractivity contribution in [1.82, 2.24) is 5.32 Å². The van der Waals surface area contributed by atoms with Crippen molar-refractivity contribution in [2.45, 2.75) is 19.6 Å². The van der Waals surface area contributed by atoms with Crippen molar-refractivity contribution in [3.05, 3.63) is 23.8 Å². The summed E-state index contributed by atoms with van der Waals surface area (Å²) in [7, 11) is 1.64. The maximum absolute atomic E-state index is 5.23. The Kier molecular flexibility index (Phi) is 7.88. The molecule has 0 aliphatic rings. The molecule has 0 rings (SSSR count). The molecule has 0 aromatic rings. The average molecular weight is 203 g/mol. The lowest BCUT2D eigenvalue weighted by molar-refractivity contribution is 0.0435. The van der Waals surface area contributed by atoms with E-state index in [0.717, 1.165) is 12.2 Å².